The Morgan fingerprint density at radius 2 is 1.25 bits per heavy atom. The first-order valence-electron chi connectivity index (χ1n) is 13.5. The van der Waals surface area contributed by atoms with E-state index < -0.39 is 0 Å². The van der Waals surface area contributed by atoms with Crippen molar-refractivity contribution in [3.63, 3.8) is 0 Å². The molecule has 0 radical (unpaired) electrons. The molecule has 0 aliphatic carbocycles. The summed E-state index contributed by atoms with van der Waals surface area (Å²) in [6.45, 7) is 0. The Bertz CT molecular complexity index is 2430. The van der Waals surface area contributed by atoms with Crippen LogP contribution in [-0.2, 0) is 0 Å². The molecule has 0 fully saturated rings. The van der Waals surface area contributed by atoms with Gasteiger partial charge in [-0.25, -0.2) is 4.98 Å². The first-order valence-corrected chi connectivity index (χ1v) is 13.5. The number of para-hydroxylation sites is 4. The van der Waals surface area contributed by atoms with Gasteiger partial charge in [-0.15, -0.1) is 0 Å². The van der Waals surface area contributed by atoms with E-state index in [1.54, 1.807) is 0 Å². The number of imidazole rings is 1. The average molecular weight is 511 g/mol. The Balaban J connectivity index is 1.47. The fourth-order valence-corrected chi connectivity index (χ4v) is 6.49. The van der Waals surface area contributed by atoms with Gasteiger partial charge in [0.15, 0.2) is 0 Å². The summed E-state index contributed by atoms with van der Waals surface area (Å²) in [4.78, 5) is 9.48. The zero-order valence-electron chi connectivity index (χ0n) is 21.5. The molecule has 5 aromatic carbocycles. The molecule has 0 atom stereocenters. The molecule has 0 spiro atoms. The van der Waals surface area contributed by atoms with Crippen LogP contribution in [0.1, 0.15) is 0 Å². The van der Waals surface area contributed by atoms with Gasteiger partial charge in [0.25, 0.3) is 0 Å². The molecule has 0 saturated heterocycles. The largest absolute Gasteiger partial charge is 0.309 e. The summed E-state index contributed by atoms with van der Waals surface area (Å²) in [5.74, 6) is 0. The molecule has 40 heavy (non-hydrogen) atoms. The van der Waals surface area contributed by atoms with Crippen molar-refractivity contribution in [3.8, 4) is 16.8 Å². The van der Waals surface area contributed by atoms with Gasteiger partial charge in [-0.05, 0) is 60.2 Å². The summed E-state index contributed by atoms with van der Waals surface area (Å²) < 4.78 is 4.71. The van der Waals surface area contributed by atoms with Crippen molar-refractivity contribution in [1.29, 1.82) is 0 Å². The quantitative estimate of drug-likeness (QED) is 0.218. The van der Waals surface area contributed by atoms with E-state index in [1.807, 2.05) is 18.5 Å². The number of benzene rings is 5. The van der Waals surface area contributed by atoms with Gasteiger partial charge in [0.2, 0.25) is 0 Å². The molecule has 9 rings (SSSR count). The van der Waals surface area contributed by atoms with Crippen LogP contribution < -0.4 is 0 Å². The molecule has 186 valence electrons. The molecular weight excluding hydrogens is 488 g/mol. The van der Waals surface area contributed by atoms with Gasteiger partial charge in [-0.3, -0.25) is 9.38 Å². The van der Waals surface area contributed by atoms with Crippen molar-refractivity contribution >= 4 is 60.2 Å². The highest BCUT2D eigenvalue weighted by molar-refractivity contribution is 6.30. The van der Waals surface area contributed by atoms with Gasteiger partial charge in [-0.1, -0.05) is 66.7 Å². The van der Waals surface area contributed by atoms with Crippen LogP contribution in [0.4, 0.5) is 0 Å². The molecule has 0 N–H and O–H groups in total. The first-order chi connectivity index (χ1) is 19.9. The van der Waals surface area contributed by atoms with Crippen LogP contribution in [-0.4, -0.2) is 18.9 Å². The molecule has 0 unspecified atom stereocenters. The lowest BCUT2D eigenvalue weighted by Crippen LogP contribution is -1.95. The van der Waals surface area contributed by atoms with Gasteiger partial charge in [0.05, 0.1) is 27.6 Å². The Labute approximate surface area is 229 Å². The maximum absolute atomic E-state index is 5.14. The molecule has 0 aliphatic rings. The number of hydrogen-bond donors (Lipinski definition) is 0. The van der Waals surface area contributed by atoms with E-state index in [1.165, 1.54) is 38.1 Å². The highest BCUT2D eigenvalue weighted by Crippen LogP contribution is 2.42. The van der Waals surface area contributed by atoms with E-state index in [9.17, 15) is 0 Å². The molecule has 0 amide bonds. The third-order valence-electron chi connectivity index (χ3n) is 8.15. The summed E-state index contributed by atoms with van der Waals surface area (Å²) in [7, 11) is 0. The molecule has 0 bridgehead atoms. The number of fused-ring (bicyclic) bond motifs is 12. The summed E-state index contributed by atoms with van der Waals surface area (Å²) in [5.41, 5.74) is 10.1. The van der Waals surface area contributed by atoms with Gasteiger partial charge in [-0.2, -0.15) is 0 Å². The molecule has 4 nitrogen and oxygen atoms in total. The molecule has 9 aromatic rings. The van der Waals surface area contributed by atoms with Gasteiger partial charge in [0, 0.05) is 50.6 Å². The Hall–Kier alpha value is -5.48. The van der Waals surface area contributed by atoms with Gasteiger partial charge >= 0.3 is 0 Å². The van der Waals surface area contributed by atoms with Crippen molar-refractivity contribution in [2.45, 2.75) is 0 Å². The summed E-state index contributed by atoms with van der Waals surface area (Å²) in [6, 6.07) is 43.2. The fourth-order valence-electron chi connectivity index (χ4n) is 6.49. The molecular formula is C36H22N4. The SMILES string of the molecule is c1cncc(-c2cccc(-n3c4ccccc4c4c5c6ccccc6n6c7ccccc7nc6c5ccc43)c2)c1. The lowest BCUT2D eigenvalue weighted by Gasteiger charge is -2.12. The topological polar surface area (TPSA) is 35.1 Å². The van der Waals surface area contributed by atoms with E-state index in [-0.39, 0.29) is 0 Å². The lowest BCUT2D eigenvalue weighted by atomic mass is 10.00. The normalized spacial score (nSPS) is 12.0. The third-order valence-corrected chi connectivity index (χ3v) is 8.15. The fraction of sp³-hybridized carbons (Fsp3) is 0. The number of nitrogens with zero attached hydrogens (tertiary/aromatic N) is 4. The number of aromatic nitrogens is 4. The van der Waals surface area contributed by atoms with Crippen molar-refractivity contribution in [1.82, 2.24) is 18.9 Å². The van der Waals surface area contributed by atoms with Crippen LogP contribution in [0.25, 0.3) is 77.0 Å². The zero-order valence-corrected chi connectivity index (χ0v) is 21.5. The van der Waals surface area contributed by atoms with E-state index in [2.05, 4.69) is 129 Å². The van der Waals surface area contributed by atoms with Crippen LogP contribution in [0, 0.1) is 0 Å². The average Bonchev–Trinajstić information content (AvgIpc) is 3.58. The van der Waals surface area contributed by atoms with Crippen LogP contribution in [0.2, 0.25) is 0 Å². The predicted octanol–water partition coefficient (Wildman–Crippen LogP) is 8.95. The van der Waals surface area contributed by atoms with Gasteiger partial charge < -0.3 is 4.57 Å². The Kier molecular flexibility index (Phi) is 4.30. The smallest absolute Gasteiger partial charge is 0.146 e. The van der Waals surface area contributed by atoms with Crippen molar-refractivity contribution in [2.75, 3.05) is 0 Å². The molecule has 4 heterocycles. The summed E-state index contributed by atoms with van der Waals surface area (Å²) in [5, 5.41) is 6.13. The number of pyridine rings is 2. The highest BCUT2D eigenvalue weighted by atomic mass is 15.0. The minimum Gasteiger partial charge on any atom is -0.309 e. The van der Waals surface area contributed by atoms with Crippen molar-refractivity contribution in [3.05, 3.63) is 134 Å². The summed E-state index contributed by atoms with van der Waals surface area (Å²) >= 11 is 0. The number of hydrogen-bond acceptors (Lipinski definition) is 2. The van der Waals surface area contributed by atoms with Crippen LogP contribution in [0.3, 0.4) is 0 Å². The lowest BCUT2D eigenvalue weighted by molar-refractivity contribution is 1.18. The minimum absolute atomic E-state index is 0.993. The van der Waals surface area contributed by atoms with E-state index in [4.69, 9.17) is 4.98 Å². The summed E-state index contributed by atoms with van der Waals surface area (Å²) in [6.07, 6.45) is 3.74. The van der Waals surface area contributed by atoms with Crippen LogP contribution in [0.5, 0.6) is 0 Å². The monoisotopic (exact) mass is 510 g/mol. The standard InChI is InChI=1S/C36H22N4/c1-5-16-31-26(12-1)34-28(36-38-29-14-3-6-17-32(29)40(31)36)18-19-33-35(34)27-13-2-4-15-30(27)39(33)25-11-7-9-23(21-25)24-10-8-20-37-22-24/h1-22H. The van der Waals surface area contributed by atoms with Crippen LogP contribution in [0.15, 0.2) is 134 Å². The molecule has 0 aliphatic heterocycles. The Morgan fingerprint density at radius 3 is 2.10 bits per heavy atom. The predicted molar refractivity (Wildman–Crippen MR) is 165 cm³/mol. The van der Waals surface area contributed by atoms with E-state index in [0.717, 1.165) is 38.9 Å². The highest BCUT2D eigenvalue weighted by Gasteiger charge is 2.20. The maximum atomic E-state index is 5.14. The first kappa shape index (κ1) is 21.5. The molecule has 4 heteroatoms. The molecule has 4 aromatic heterocycles. The van der Waals surface area contributed by atoms with Crippen LogP contribution >= 0.6 is 0 Å². The third kappa shape index (κ3) is 2.85. The molecule has 0 saturated carbocycles. The second kappa shape index (κ2) is 8.01. The van der Waals surface area contributed by atoms with E-state index in [0.29, 0.717) is 0 Å². The van der Waals surface area contributed by atoms with Gasteiger partial charge in [0.1, 0.15) is 5.65 Å². The maximum Gasteiger partial charge on any atom is 0.146 e. The zero-order chi connectivity index (χ0) is 26.2. The van der Waals surface area contributed by atoms with Crippen molar-refractivity contribution in [2.24, 2.45) is 0 Å². The minimum atomic E-state index is 0.993. The second-order valence-corrected chi connectivity index (χ2v) is 10.3. The Morgan fingerprint density at radius 1 is 0.500 bits per heavy atom. The van der Waals surface area contributed by atoms with E-state index >= 15 is 0 Å². The second-order valence-electron chi connectivity index (χ2n) is 10.3. The number of rotatable bonds is 2. The van der Waals surface area contributed by atoms with Crippen molar-refractivity contribution < 1.29 is 0 Å².